The standard InChI is InChI=1S/C9H11N5O/c1-6(10)5-7-13-9(14-15-7)8-11-3-2-4-12-8/h2-4,6H,5,10H2,1H3. The molecule has 1 atom stereocenters. The maximum absolute atomic E-state index is 5.61. The molecule has 0 saturated heterocycles. The van der Waals surface area contributed by atoms with Crippen molar-refractivity contribution in [2.45, 2.75) is 19.4 Å². The average Bonchev–Trinajstić information content (AvgIpc) is 2.67. The molecular formula is C9H11N5O. The van der Waals surface area contributed by atoms with Crippen LogP contribution >= 0.6 is 0 Å². The minimum Gasteiger partial charge on any atom is -0.339 e. The van der Waals surface area contributed by atoms with Crippen LogP contribution in [0.4, 0.5) is 0 Å². The summed E-state index contributed by atoms with van der Waals surface area (Å²) in [6.45, 7) is 1.88. The van der Waals surface area contributed by atoms with Crippen molar-refractivity contribution in [3.8, 4) is 11.6 Å². The first-order valence-corrected chi connectivity index (χ1v) is 4.61. The minimum absolute atomic E-state index is 0.00464. The van der Waals surface area contributed by atoms with Crippen molar-refractivity contribution in [1.29, 1.82) is 0 Å². The number of nitrogens with two attached hydrogens (primary N) is 1. The summed E-state index contributed by atoms with van der Waals surface area (Å²) in [5, 5.41) is 3.77. The fourth-order valence-electron chi connectivity index (χ4n) is 1.12. The lowest BCUT2D eigenvalue weighted by Crippen LogP contribution is -2.17. The summed E-state index contributed by atoms with van der Waals surface area (Å²) in [4.78, 5) is 12.2. The van der Waals surface area contributed by atoms with E-state index in [0.29, 0.717) is 24.0 Å². The topological polar surface area (TPSA) is 90.7 Å². The largest absolute Gasteiger partial charge is 0.339 e. The molecular weight excluding hydrogens is 194 g/mol. The van der Waals surface area contributed by atoms with E-state index in [-0.39, 0.29) is 6.04 Å². The van der Waals surface area contributed by atoms with E-state index in [1.54, 1.807) is 18.5 Å². The van der Waals surface area contributed by atoms with Crippen molar-refractivity contribution in [2.24, 2.45) is 5.73 Å². The highest BCUT2D eigenvalue weighted by atomic mass is 16.5. The van der Waals surface area contributed by atoms with Crippen molar-refractivity contribution in [3.63, 3.8) is 0 Å². The van der Waals surface area contributed by atoms with Gasteiger partial charge in [-0.25, -0.2) is 9.97 Å². The van der Waals surface area contributed by atoms with Crippen LogP contribution in [0.15, 0.2) is 23.0 Å². The molecule has 6 nitrogen and oxygen atoms in total. The van der Waals surface area contributed by atoms with E-state index >= 15 is 0 Å². The summed E-state index contributed by atoms with van der Waals surface area (Å²) in [6, 6.07) is 1.72. The number of hydrogen-bond donors (Lipinski definition) is 1. The molecule has 0 radical (unpaired) electrons. The molecule has 0 bridgehead atoms. The van der Waals surface area contributed by atoms with Crippen LogP contribution in [-0.2, 0) is 6.42 Å². The van der Waals surface area contributed by atoms with Gasteiger partial charge in [0.05, 0.1) is 0 Å². The van der Waals surface area contributed by atoms with Gasteiger partial charge in [0.15, 0.2) is 0 Å². The van der Waals surface area contributed by atoms with Gasteiger partial charge in [0.1, 0.15) is 0 Å². The normalized spacial score (nSPS) is 12.7. The molecule has 0 amide bonds. The van der Waals surface area contributed by atoms with Crippen LogP contribution in [0.1, 0.15) is 12.8 Å². The molecule has 0 spiro atoms. The number of rotatable bonds is 3. The molecule has 2 N–H and O–H groups in total. The third kappa shape index (κ3) is 2.35. The Hall–Kier alpha value is -1.82. The summed E-state index contributed by atoms with van der Waals surface area (Å²) in [5.41, 5.74) is 5.61. The second-order valence-electron chi connectivity index (χ2n) is 3.27. The van der Waals surface area contributed by atoms with Crippen molar-refractivity contribution in [1.82, 2.24) is 20.1 Å². The molecule has 2 aromatic heterocycles. The van der Waals surface area contributed by atoms with E-state index in [2.05, 4.69) is 20.1 Å². The molecule has 0 aromatic carbocycles. The van der Waals surface area contributed by atoms with Gasteiger partial charge >= 0.3 is 0 Å². The number of aromatic nitrogens is 4. The Labute approximate surface area is 86.5 Å². The van der Waals surface area contributed by atoms with Crippen LogP contribution < -0.4 is 5.73 Å². The van der Waals surface area contributed by atoms with E-state index in [0.717, 1.165) is 0 Å². The van der Waals surface area contributed by atoms with Gasteiger partial charge < -0.3 is 10.3 Å². The van der Waals surface area contributed by atoms with Crippen molar-refractivity contribution in [2.75, 3.05) is 0 Å². The third-order valence-electron chi connectivity index (χ3n) is 1.73. The Bertz CT molecular complexity index is 425. The average molecular weight is 205 g/mol. The van der Waals surface area contributed by atoms with Crippen LogP contribution in [0.3, 0.4) is 0 Å². The molecule has 15 heavy (non-hydrogen) atoms. The Morgan fingerprint density at radius 3 is 2.73 bits per heavy atom. The second kappa shape index (κ2) is 4.14. The molecule has 1 unspecified atom stereocenters. The van der Waals surface area contributed by atoms with Crippen LogP contribution in [0.5, 0.6) is 0 Å². The Morgan fingerprint density at radius 2 is 2.07 bits per heavy atom. The fraction of sp³-hybridized carbons (Fsp3) is 0.333. The second-order valence-corrected chi connectivity index (χ2v) is 3.27. The van der Waals surface area contributed by atoms with Gasteiger partial charge in [-0.1, -0.05) is 5.16 Å². The Morgan fingerprint density at radius 1 is 1.33 bits per heavy atom. The van der Waals surface area contributed by atoms with E-state index < -0.39 is 0 Å². The highest BCUT2D eigenvalue weighted by Crippen LogP contribution is 2.09. The van der Waals surface area contributed by atoms with Gasteiger partial charge in [-0.2, -0.15) is 4.98 Å². The van der Waals surface area contributed by atoms with Crippen molar-refractivity contribution in [3.05, 3.63) is 24.4 Å². The smallest absolute Gasteiger partial charge is 0.240 e. The highest BCUT2D eigenvalue weighted by molar-refractivity contribution is 5.40. The summed E-state index contributed by atoms with van der Waals surface area (Å²) < 4.78 is 5.01. The van der Waals surface area contributed by atoms with Gasteiger partial charge in [0.25, 0.3) is 0 Å². The van der Waals surface area contributed by atoms with E-state index in [1.807, 2.05) is 6.92 Å². The van der Waals surface area contributed by atoms with E-state index in [9.17, 15) is 0 Å². The van der Waals surface area contributed by atoms with Gasteiger partial charge in [-0.15, -0.1) is 0 Å². The molecule has 0 aliphatic heterocycles. The van der Waals surface area contributed by atoms with Gasteiger partial charge in [0, 0.05) is 24.9 Å². The van der Waals surface area contributed by atoms with E-state index in [4.69, 9.17) is 10.3 Å². The summed E-state index contributed by atoms with van der Waals surface area (Å²) >= 11 is 0. The predicted molar refractivity (Wildman–Crippen MR) is 52.7 cm³/mol. The van der Waals surface area contributed by atoms with Crippen LogP contribution in [0.25, 0.3) is 11.6 Å². The molecule has 0 fully saturated rings. The SMILES string of the molecule is CC(N)Cc1nc(-c2ncccn2)no1. The first-order valence-electron chi connectivity index (χ1n) is 4.61. The monoisotopic (exact) mass is 205 g/mol. The lowest BCUT2D eigenvalue weighted by molar-refractivity contribution is 0.371. The molecule has 6 heteroatoms. The molecule has 2 heterocycles. The molecule has 2 aromatic rings. The Kier molecular flexibility index (Phi) is 2.68. The molecule has 78 valence electrons. The number of nitrogens with zero attached hydrogens (tertiary/aromatic N) is 4. The lowest BCUT2D eigenvalue weighted by atomic mass is 10.2. The summed E-state index contributed by atoms with van der Waals surface area (Å²) in [6.07, 6.45) is 3.81. The number of hydrogen-bond acceptors (Lipinski definition) is 6. The molecule has 2 rings (SSSR count). The van der Waals surface area contributed by atoms with Gasteiger partial charge in [-0.3, -0.25) is 0 Å². The zero-order valence-corrected chi connectivity index (χ0v) is 8.29. The first kappa shape index (κ1) is 9.72. The summed E-state index contributed by atoms with van der Waals surface area (Å²) in [7, 11) is 0. The maximum Gasteiger partial charge on any atom is 0.240 e. The predicted octanol–water partition coefficient (Wildman–Crippen LogP) is 0.416. The Balaban J connectivity index is 2.21. The zero-order chi connectivity index (χ0) is 10.7. The minimum atomic E-state index is -0.00464. The van der Waals surface area contributed by atoms with Gasteiger partial charge in [-0.05, 0) is 13.0 Å². The van der Waals surface area contributed by atoms with Crippen LogP contribution in [0.2, 0.25) is 0 Å². The van der Waals surface area contributed by atoms with Crippen LogP contribution in [0, 0.1) is 0 Å². The van der Waals surface area contributed by atoms with Crippen molar-refractivity contribution < 1.29 is 4.52 Å². The maximum atomic E-state index is 5.61. The third-order valence-corrected chi connectivity index (χ3v) is 1.73. The van der Waals surface area contributed by atoms with Gasteiger partial charge in [0.2, 0.25) is 17.5 Å². The highest BCUT2D eigenvalue weighted by Gasteiger charge is 2.11. The summed E-state index contributed by atoms with van der Waals surface area (Å²) in [5.74, 6) is 1.36. The first-order chi connectivity index (χ1) is 7.25. The zero-order valence-electron chi connectivity index (χ0n) is 8.29. The fourth-order valence-corrected chi connectivity index (χ4v) is 1.12. The quantitative estimate of drug-likeness (QED) is 0.780. The lowest BCUT2D eigenvalue weighted by Gasteiger charge is -1.96. The van der Waals surface area contributed by atoms with Crippen molar-refractivity contribution >= 4 is 0 Å². The molecule has 0 aliphatic carbocycles. The molecule has 0 saturated carbocycles. The van der Waals surface area contributed by atoms with E-state index in [1.165, 1.54) is 0 Å². The van der Waals surface area contributed by atoms with Crippen LogP contribution in [-0.4, -0.2) is 26.2 Å². The molecule has 0 aliphatic rings.